The highest BCUT2D eigenvalue weighted by atomic mass is 79.9. The average Bonchev–Trinajstić information content (AvgIpc) is 3.49. The van der Waals surface area contributed by atoms with Gasteiger partial charge < -0.3 is 0 Å². The summed E-state index contributed by atoms with van der Waals surface area (Å²) in [5.74, 6) is -0.182. The Morgan fingerprint density at radius 2 is 1.67 bits per heavy atom. The average molecular weight is 514 g/mol. The summed E-state index contributed by atoms with van der Waals surface area (Å²) < 4.78 is 67.7. The van der Waals surface area contributed by atoms with Gasteiger partial charge in [-0.25, -0.2) is 21.2 Å². The summed E-state index contributed by atoms with van der Waals surface area (Å²) in [7, 11) is -7.06. The van der Waals surface area contributed by atoms with Gasteiger partial charge in [0.25, 0.3) is 10.0 Å². The molecule has 3 aliphatic rings. The van der Waals surface area contributed by atoms with Crippen LogP contribution in [0.5, 0.6) is 0 Å². The van der Waals surface area contributed by atoms with Crippen molar-refractivity contribution >= 4 is 41.5 Å². The van der Waals surface area contributed by atoms with Crippen LogP contribution in [0.2, 0.25) is 0 Å². The Morgan fingerprint density at radius 3 is 2.27 bits per heavy atom. The van der Waals surface area contributed by atoms with Crippen molar-refractivity contribution in [1.29, 1.82) is 0 Å². The molecule has 0 bridgehead atoms. The van der Waals surface area contributed by atoms with Gasteiger partial charge in [-0.3, -0.25) is 4.31 Å². The van der Waals surface area contributed by atoms with E-state index in [-0.39, 0.29) is 28.4 Å². The van der Waals surface area contributed by atoms with Crippen LogP contribution in [0.25, 0.3) is 0 Å². The molecule has 1 atom stereocenters. The Bertz CT molecular complexity index is 1210. The molecule has 1 saturated carbocycles. The number of fused-ring (bicyclic) bond motifs is 2. The van der Waals surface area contributed by atoms with Gasteiger partial charge in [0.05, 0.1) is 28.1 Å². The van der Waals surface area contributed by atoms with Crippen molar-refractivity contribution in [3.05, 3.63) is 58.3 Å². The number of nitrogens with zero attached hydrogens (tertiary/aromatic N) is 1. The van der Waals surface area contributed by atoms with Gasteiger partial charge in [-0.2, -0.15) is 0 Å². The van der Waals surface area contributed by atoms with Crippen molar-refractivity contribution in [2.45, 2.75) is 42.0 Å². The Morgan fingerprint density at radius 1 is 1.03 bits per heavy atom. The molecule has 2 aliphatic heterocycles. The molecule has 160 valence electrons. The van der Waals surface area contributed by atoms with E-state index in [4.69, 9.17) is 0 Å². The number of halogens is 2. The van der Waals surface area contributed by atoms with Gasteiger partial charge in [0, 0.05) is 9.89 Å². The van der Waals surface area contributed by atoms with Gasteiger partial charge in [-0.05, 0) is 79.6 Å². The molecule has 2 heterocycles. The zero-order valence-corrected chi connectivity index (χ0v) is 19.3. The first-order valence-corrected chi connectivity index (χ1v) is 14.0. The third-order valence-corrected chi connectivity index (χ3v) is 10.7. The topological polar surface area (TPSA) is 71.5 Å². The van der Waals surface area contributed by atoms with Crippen LogP contribution in [-0.4, -0.2) is 34.4 Å². The van der Waals surface area contributed by atoms with Crippen molar-refractivity contribution in [2.75, 3.05) is 15.8 Å². The molecular formula is C21H21BrFNO4S2. The van der Waals surface area contributed by atoms with E-state index in [9.17, 15) is 21.2 Å². The number of sulfonamides is 1. The highest BCUT2D eigenvalue weighted by Crippen LogP contribution is 2.59. The lowest BCUT2D eigenvalue weighted by Crippen LogP contribution is -2.52. The van der Waals surface area contributed by atoms with Crippen LogP contribution >= 0.6 is 15.9 Å². The van der Waals surface area contributed by atoms with Crippen molar-refractivity contribution in [2.24, 2.45) is 5.92 Å². The normalized spacial score (nSPS) is 24.7. The smallest absolute Gasteiger partial charge is 0.262 e. The molecule has 0 amide bonds. The summed E-state index contributed by atoms with van der Waals surface area (Å²) in [6.45, 7) is 0. The molecule has 1 unspecified atom stereocenters. The Kier molecular flexibility index (Phi) is 4.62. The van der Waals surface area contributed by atoms with Gasteiger partial charge in [0.15, 0.2) is 0 Å². The van der Waals surface area contributed by atoms with E-state index in [1.165, 1.54) is 16.4 Å². The number of benzene rings is 2. The van der Waals surface area contributed by atoms with E-state index in [1.54, 1.807) is 6.07 Å². The monoisotopic (exact) mass is 513 g/mol. The molecule has 0 N–H and O–H groups in total. The minimum atomic E-state index is -3.94. The van der Waals surface area contributed by atoms with Crippen LogP contribution in [0, 0.1) is 11.7 Å². The molecule has 0 aromatic heterocycles. The second kappa shape index (κ2) is 6.77. The molecule has 2 aromatic rings. The summed E-state index contributed by atoms with van der Waals surface area (Å²) in [6, 6.07) is 10.1. The second-order valence-corrected chi connectivity index (χ2v) is 13.5. The molecule has 1 saturated heterocycles. The van der Waals surface area contributed by atoms with Gasteiger partial charge in [-0.15, -0.1) is 0 Å². The maximum Gasteiger partial charge on any atom is 0.264 e. The molecule has 1 aliphatic carbocycles. The predicted molar refractivity (Wildman–Crippen MR) is 116 cm³/mol. The number of hydrogen-bond donors (Lipinski definition) is 0. The minimum absolute atomic E-state index is 0.0453. The van der Waals surface area contributed by atoms with E-state index in [1.807, 2.05) is 12.1 Å². The highest BCUT2D eigenvalue weighted by molar-refractivity contribution is 9.10. The third kappa shape index (κ3) is 3.12. The van der Waals surface area contributed by atoms with Crippen molar-refractivity contribution < 1.29 is 21.2 Å². The Hall–Kier alpha value is -1.45. The largest absolute Gasteiger partial charge is 0.264 e. The molecule has 0 radical (unpaired) electrons. The SMILES string of the molecule is O=S1(=O)CCC2(CC1)c1cc(Br)ccc1N(S(=O)(=O)c1ccc(F)cc1)C2C1CC1. The maximum absolute atomic E-state index is 13.8. The summed E-state index contributed by atoms with van der Waals surface area (Å²) in [6.07, 6.45) is 2.66. The lowest BCUT2D eigenvalue weighted by molar-refractivity contribution is 0.308. The number of sulfone groups is 1. The first kappa shape index (κ1) is 20.5. The fraction of sp³-hybridized carbons (Fsp3) is 0.429. The van der Waals surface area contributed by atoms with Crippen LogP contribution in [0.1, 0.15) is 31.2 Å². The first-order chi connectivity index (χ1) is 14.1. The van der Waals surface area contributed by atoms with Crippen molar-refractivity contribution in [1.82, 2.24) is 0 Å². The lowest BCUT2D eigenvalue weighted by atomic mass is 9.70. The van der Waals surface area contributed by atoms with E-state index < -0.39 is 31.1 Å². The zero-order chi connectivity index (χ0) is 21.3. The molecule has 5 nitrogen and oxygen atoms in total. The predicted octanol–water partition coefficient (Wildman–Crippen LogP) is 4.02. The fourth-order valence-corrected chi connectivity index (χ4v) is 8.87. The molecule has 1 spiro atoms. The minimum Gasteiger partial charge on any atom is -0.262 e. The second-order valence-electron chi connectivity index (χ2n) is 8.51. The zero-order valence-electron chi connectivity index (χ0n) is 16.1. The van der Waals surface area contributed by atoms with Gasteiger partial charge in [0.2, 0.25) is 0 Å². The number of anilines is 1. The fourth-order valence-electron chi connectivity index (χ4n) is 5.15. The molecule has 2 aromatic carbocycles. The van der Waals surface area contributed by atoms with E-state index in [0.29, 0.717) is 18.5 Å². The van der Waals surface area contributed by atoms with Crippen LogP contribution in [0.4, 0.5) is 10.1 Å². The summed E-state index contributed by atoms with van der Waals surface area (Å²) >= 11 is 3.51. The molecule has 30 heavy (non-hydrogen) atoms. The van der Waals surface area contributed by atoms with Gasteiger partial charge >= 0.3 is 0 Å². The van der Waals surface area contributed by atoms with E-state index >= 15 is 0 Å². The summed E-state index contributed by atoms with van der Waals surface area (Å²) in [4.78, 5) is 0.0453. The standard InChI is InChI=1S/C21H21BrFNO4S2/c22-15-3-8-19-18(13-15)21(9-11-29(25,26)12-10-21)20(14-1-2-14)24(19)30(27,28)17-6-4-16(23)5-7-17/h3-8,13-14,20H,1-2,9-12H2. The van der Waals surface area contributed by atoms with Crippen molar-refractivity contribution in [3.63, 3.8) is 0 Å². The number of hydrogen-bond acceptors (Lipinski definition) is 4. The highest BCUT2D eigenvalue weighted by Gasteiger charge is 2.60. The van der Waals surface area contributed by atoms with Crippen LogP contribution in [0.3, 0.4) is 0 Å². The quantitative estimate of drug-likeness (QED) is 0.621. The first-order valence-electron chi connectivity index (χ1n) is 9.95. The summed E-state index contributed by atoms with van der Waals surface area (Å²) in [5.41, 5.74) is 0.978. The third-order valence-electron chi connectivity index (χ3n) is 6.71. The Balaban J connectivity index is 1.71. The van der Waals surface area contributed by atoms with Crippen LogP contribution in [0.15, 0.2) is 51.8 Å². The van der Waals surface area contributed by atoms with Gasteiger partial charge in [0.1, 0.15) is 15.7 Å². The maximum atomic E-state index is 13.8. The summed E-state index contributed by atoms with van der Waals surface area (Å²) in [5, 5.41) is 0. The van der Waals surface area contributed by atoms with Crippen LogP contribution < -0.4 is 4.31 Å². The molecule has 2 fully saturated rings. The number of rotatable bonds is 3. The van der Waals surface area contributed by atoms with Crippen LogP contribution in [-0.2, 0) is 25.3 Å². The molecule has 9 heteroatoms. The lowest BCUT2D eigenvalue weighted by Gasteiger charge is -2.41. The van der Waals surface area contributed by atoms with Gasteiger partial charge in [-0.1, -0.05) is 15.9 Å². The van der Waals surface area contributed by atoms with E-state index in [0.717, 1.165) is 35.0 Å². The van der Waals surface area contributed by atoms with E-state index in [2.05, 4.69) is 15.9 Å². The molecule has 5 rings (SSSR count). The Labute approximate surface area is 184 Å². The van der Waals surface area contributed by atoms with Crippen molar-refractivity contribution in [3.8, 4) is 0 Å². The molecular weight excluding hydrogens is 493 g/mol.